The van der Waals surface area contributed by atoms with Crippen LogP contribution in [-0.2, 0) is 12.8 Å². The molecule has 3 rings (SSSR count). The van der Waals surface area contributed by atoms with E-state index in [0.29, 0.717) is 37.2 Å². The minimum atomic E-state index is -0.834. The van der Waals surface area contributed by atoms with Gasteiger partial charge >= 0.3 is 0 Å². The molecule has 0 aliphatic rings. The fraction of sp³-hybridized carbons (Fsp3) is 0.394. The van der Waals surface area contributed by atoms with Gasteiger partial charge in [0.15, 0.2) is 0 Å². The van der Waals surface area contributed by atoms with Crippen molar-refractivity contribution in [3.63, 3.8) is 0 Å². The molecule has 3 aromatic rings. The molecule has 0 aromatic heterocycles. The highest BCUT2D eigenvalue weighted by Gasteiger charge is 2.31. The monoisotopic (exact) mass is 529 g/mol. The summed E-state index contributed by atoms with van der Waals surface area (Å²) in [5, 5.41) is 14.9. The third-order valence-electron chi connectivity index (χ3n) is 7.03. The van der Waals surface area contributed by atoms with E-state index < -0.39 is 17.9 Å². The molecule has 0 fully saturated rings. The number of hydrogen-bond donors (Lipinski definition) is 3. The number of nitrogens with zero attached hydrogens (tertiary/aromatic N) is 1. The van der Waals surface area contributed by atoms with Crippen molar-refractivity contribution >= 4 is 11.8 Å². The van der Waals surface area contributed by atoms with Gasteiger partial charge < -0.3 is 21.1 Å². The number of aliphatic hydroxyl groups is 1. The number of aryl methyl sites for hydroxylation is 1. The Labute approximate surface area is 233 Å². The van der Waals surface area contributed by atoms with E-state index in [1.807, 2.05) is 67.3 Å². The van der Waals surface area contributed by atoms with Crippen LogP contribution >= 0.6 is 0 Å². The van der Waals surface area contributed by atoms with Gasteiger partial charge in [0.1, 0.15) is 0 Å². The van der Waals surface area contributed by atoms with Crippen LogP contribution in [0.15, 0.2) is 78.9 Å². The van der Waals surface area contributed by atoms with Gasteiger partial charge in [0.05, 0.1) is 6.10 Å². The average molecular weight is 530 g/mol. The van der Waals surface area contributed by atoms with E-state index in [2.05, 4.69) is 17.4 Å². The van der Waals surface area contributed by atoms with Gasteiger partial charge in [-0.05, 0) is 67.5 Å². The van der Waals surface area contributed by atoms with Crippen LogP contribution in [0.5, 0.6) is 0 Å². The lowest BCUT2D eigenvalue weighted by Crippen LogP contribution is -2.37. The summed E-state index contributed by atoms with van der Waals surface area (Å²) in [6.07, 6.45) is 3.19. The molecule has 2 amide bonds. The van der Waals surface area contributed by atoms with Gasteiger partial charge in [-0.2, -0.15) is 0 Å². The molecule has 3 aromatic carbocycles. The van der Waals surface area contributed by atoms with Crippen LogP contribution in [0.3, 0.4) is 0 Å². The number of aliphatic hydroxyl groups excluding tert-OH is 1. The number of nitrogens with two attached hydrogens (primary N) is 1. The maximum absolute atomic E-state index is 13.8. The molecule has 6 nitrogen and oxygen atoms in total. The van der Waals surface area contributed by atoms with Gasteiger partial charge in [-0.25, -0.2) is 0 Å². The van der Waals surface area contributed by atoms with Crippen LogP contribution in [0.4, 0.5) is 0 Å². The van der Waals surface area contributed by atoms with Crippen molar-refractivity contribution in [3.05, 3.63) is 107 Å². The van der Waals surface area contributed by atoms with Crippen LogP contribution < -0.4 is 11.1 Å². The molecular weight excluding hydrogens is 486 g/mol. The molecule has 0 spiro atoms. The Bertz CT molecular complexity index is 1160. The minimum Gasteiger partial charge on any atom is -0.391 e. The van der Waals surface area contributed by atoms with Gasteiger partial charge in [0.25, 0.3) is 5.91 Å². The van der Waals surface area contributed by atoms with E-state index in [0.717, 1.165) is 37.8 Å². The quantitative estimate of drug-likeness (QED) is 0.229. The number of nitrogens with one attached hydrogen (secondary N) is 1. The van der Waals surface area contributed by atoms with Crippen molar-refractivity contribution in [2.75, 3.05) is 26.2 Å². The largest absolute Gasteiger partial charge is 0.391 e. The van der Waals surface area contributed by atoms with Gasteiger partial charge in [0.2, 0.25) is 5.91 Å². The Morgan fingerprint density at radius 2 is 1.44 bits per heavy atom. The van der Waals surface area contributed by atoms with Crippen molar-refractivity contribution in [1.29, 1.82) is 0 Å². The third kappa shape index (κ3) is 8.77. The SMILES string of the molecule is CCCN(CCC)C(=O)c1cccc(C(N)=O)c1[C@H](Cc1ccccc1)[C@@H](O)CNCCCc1ccccc1. The molecule has 0 saturated heterocycles. The molecule has 0 radical (unpaired) electrons. The topological polar surface area (TPSA) is 95.7 Å². The first-order valence-electron chi connectivity index (χ1n) is 14.1. The number of rotatable bonds is 16. The zero-order valence-electron chi connectivity index (χ0n) is 23.3. The summed E-state index contributed by atoms with van der Waals surface area (Å²) < 4.78 is 0. The molecule has 208 valence electrons. The van der Waals surface area contributed by atoms with Crippen molar-refractivity contribution in [2.24, 2.45) is 5.73 Å². The standard InChI is InChI=1S/C33H43N3O3/c1-3-21-36(22-4-2)33(39)28-19-11-18-27(32(34)38)31(28)29(23-26-15-9-6-10-16-26)30(37)24-35-20-12-17-25-13-7-5-8-14-25/h5-11,13-16,18-19,29-30,35,37H,3-4,12,17,20-24H2,1-2H3,(H2,34,38)/t29-,30+/m1/s1. The second kappa shape index (κ2) is 15.8. The van der Waals surface area contributed by atoms with Crippen molar-refractivity contribution in [1.82, 2.24) is 10.2 Å². The van der Waals surface area contributed by atoms with E-state index in [9.17, 15) is 14.7 Å². The molecule has 6 heteroatoms. The van der Waals surface area contributed by atoms with Gasteiger partial charge in [0, 0.05) is 36.7 Å². The summed E-state index contributed by atoms with van der Waals surface area (Å²) in [4.78, 5) is 28.3. The summed E-state index contributed by atoms with van der Waals surface area (Å²) in [6.45, 7) is 6.42. The number of carbonyl (C=O) groups excluding carboxylic acids is 2. The van der Waals surface area contributed by atoms with E-state index >= 15 is 0 Å². The number of primary amides is 1. The van der Waals surface area contributed by atoms with Crippen LogP contribution in [0.25, 0.3) is 0 Å². The highest BCUT2D eigenvalue weighted by molar-refractivity contribution is 6.02. The number of carbonyl (C=O) groups is 2. The van der Waals surface area contributed by atoms with Gasteiger partial charge in [-0.15, -0.1) is 0 Å². The zero-order valence-corrected chi connectivity index (χ0v) is 23.3. The lowest BCUT2D eigenvalue weighted by molar-refractivity contribution is 0.0751. The average Bonchev–Trinajstić information content (AvgIpc) is 2.96. The van der Waals surface area contributed by atoms with Gasteiger partial charge in [-0.1, -0.05) is 80.6 Å². The Balaban J connectivity index is 1.90. The first-order chi connectivity index (χ1) is 19.0. The Morgan fingerprint density at radius 3 is 2.03 bits per heavy atom. The summed E-state index contributed by atoms with van der Waals surface area (Å²) in [5.74, 6) is -1.22. The van der Waals surface area contributed by atoms with E-state index in [4.69, 9.17) is 5.73 Å². The first-order valence-corrected chi connectivity index (χ1v) is 14.1. The summed E-state index contributed by atoms with van der Waals surface area (Å²) in [6, 6.07) is 25.3. The maximum Gasteiger partial charge on any atom is 0.254 e. The van der Waals surface area contributed by atoms with Crippen LogP contribution in [0.2, 0.25) is 0 Å². The molecule has 4 N–H and O–H groups in total. The molecule has 0 aliphatic heterocycles. The van der Waals surface area contributed by atoms with E-state index in [1.165, 1.54) is 5.56 Å². The molecule has 0 heterocycles. The van der Waals surface area contributed by atoms with Crippen molar-refractivity contribution in [3.8, 4) is 0 Å². The fourth-order valence-corrected chi connectivity index (χ4v) is 5.14. The Morgan fingerprint density at radius 1 is 0.846 bits per heavy atom. The van der Waals surface area contributed by atoms with Gasteiger partial charge in [-0.3, -0.25) is 9.59 Å². The normalized spacial score (nSPS) is 12.6. The molecule has 39 heavy (non-hydrogen) atoms. The molecule has 0 aliphatic carbocycles. The predicted molar refractivity (Wildman–Crippen MR) is 158 cm³/mol. The minimum absolute atomic E-state index is 0.127. The lowest BCUT2D eigenvalue weighted by Gasteiger charge is -2.29. The lowest BCUT2D eigenvalue weighted by atomic mass is 9.81. The molecule has 0 unspecified atom stereocenters. The smallest absolute Gasteiger partial charge is 0.254 e. The number of hydrogen-bond acceptors (Lipinski definition) is 4. The molecule has 0 saturated carbocycles. The molecule has 2 atom stereocenters. The Hall–Kier alpha value is -3.48. The number of amides is 2. The van der Waals surface area contributed by atoms with E-state index in [-0.39, 0.29) is 11.5 Å². The highest BCUT2D eigenvalue weighted by atomic mass is 16.3. The van der Waals surface area contributed by atoms with Crippen LogP contribution in [0, 0.1) is 0 Å². The highest BCUT2D eigenvalue weighted by Crippen LogP contribution is 2.32. The van der Waals surface area contributed by atoms with Crippen molar-refractivity contribution in [2.45, 2.75) is 58.0 Å². The Kier molecular flexibility index (Phi) is 12.2. The molecular formula is C33H43N3O3. The van der Waals surface area contributed by atoms with E-state index in [1.54, 1.807) is 18.2 Å². The van der Waals surface area contributed by atoms with Crippen molar-refractivity contribution < 1.29 is 14.7 Å². The summed E-state index contributed by atoms with van der Waals surface area (Å²) >= 11 is 0. The number of benzene rings is 3. The third-order valence-corrected chi connectivity index (χ3v) is 7.03. The second-order valence-electron chi connectivity index (χ2n) is 10.1. The zero-order chi connectivity index (χ0) is 28.0. The molecule has 0 bridgehead atoms. The second-order valence-corrected chi connectivity index (χ2v) is 10.1. The first kappa shape index (κ1) is 30.1. The predicted octanol–water partition coefficient (Wildman–Crippen LogP) is 4.96. The fourth-order valence-electron chi connectivity index (χ4n) is 5.14. The maximum atomic E-state index is 13.8. The summed E-state index contributed by atoms with van der Waals surface area (Å²) in [7, 11) is 0. The van der Waals surface area contributed by atoms with Crippen LogP contribution in [0.1, 0.15) is 76.4 Å². The van der Waals surface area contributed by atoms with Crippen LogP contribution in [-0.4, -0.2) is 54.1 Å². The summed E-state index contributed by atoms with van der Waals surface area (Å²) in [5.41, 5.74) is 9.41.